The van der Waals surface area contributed by atoms with Crippen LogP contribution in [0.2, 0.25) is 0 Å². The van der Waals surface area contributed by atoms with Crippen molar-refractivity contribution in [1.82, 2.24) is 14.8 Å². The van der Waals surface area contributed by atoms with Gasteiger partial charge in [-0.1, -0.05) is 19.1 Å². The van der Waals surface area contributed by atoms with E-state index in [4.69, 9.17) is 4.74 Å². The van der Waals surface area contributed by atoms with Crippen molar-refractivity contribution in [2.45, 2.75) is 25.8 Å². The van der Waals surface area contributed by atoms with Crippen LogP contribution in [-0.4, -0.2) is 27.2 Å². The summed E-state index contributed by atoms with van der Waals surface area (Å²) in [6.45, 7) is 1.85. The number of benzene rings is 3. The van der Waals surface area contributed by atoms with Gasteiger partial charge in [0.15, 0.2) is 5.82 Å². The van der Waals surface area contributed by atoms with Crippen LogP contribution < -0.4 is 10.1 Å². The topological polar surface area (TPSA) is 78.3 Å². The summed E-state index contributed by atoms with van der Waals surface area (Å²) in [5.41, 5.74) is 2.32. The molecular weight excluding hydrogens is 480 g/mol. The van der Waals surface area contributed by atoms with Crippen molar-refractivity contribution in [1.29, 1.82) is 0 Å². The molecule has 36 heavy (non-hydrogen) atoms. The van der Waals surface area contributed by atoms with Crippen LogP contribution in [-0.2, 0) is 4.74 Å². The van der Waals surface area contributed by atoms with Gasteiger partial charge in [-0.15, -0.1) is 18.3 Å². The van der Waals surface area contributed by atoms with Crippen LogP contribution in [0.4, 0.5) is 28.0 Å². The summed E-state index contributed by atoms with van der Waals surface area (Å²) in [4.78, 5) is 16.6. The number of ether oxygens (including phenoxy) is 2. The first kappa shape index (κ1) is 24.7. The fraction of sp³-hybridized carbons (Fsp3) is 0.160. The van der Waals surface area contributed by atoms with Crippen LogP contribution in [0.15, 0.2) is 79.1 Å². The Bertz CT molecular complexity index is 1310. The number of aromatic nitrogens is 3. The molecule has 7 nitrogen and oxygen atoms in total. The van der Waals surface area contributed by atoms with E-state index in [-0.39, 0.29) is 11.6 Å². The fourth-order valence-electron chi connectivity index (χ4n) is 3.36. The maximum absolute atomic E-state index is 13.1. The molecule has 1 aromatic heterocycles. The SMILES string of the molecule is CCC(OC(=O)Nc1ccc(-c2ncn(-c3ccc(OC(F)(F)F)cc3)n2)cc1)c1ccc(F)cc1. The highest BCUT2D eigenvalue weighted by Crippen LogP contribution is 2.25. The van der Waals surface area contributed by atoms with Crippen molar-refractivity contribution in [3.63, 3.8) is 0 Å². The van der Waals surface area contributed by atoms with Crippen LogP contribution >= 0.6 is 0 Å². The van der Waals surface area contributed by atoms with Gasteiger partial charge in [0, 0.05) is 11.3 Å². The van der Waals surface area contributed by atoms with Crippen molar-refractivity contribution in [2.24, 2.45) is 0 Å². The molecule has 1 heterocycles. The average molecular weight is 500 g/mol. The number of hydrogen-bond donors (Lipinski definition) is 1. The summed E-state index contributed by atoms with van der Waals surface area (Å²) in [6.07, 6.45) is -3.99. The molecule has 0 bridgehead atoms. The Hall–Kier alpha value is -4.41. The maximum atomic E-state index is 13.1. The number of amides is 1. The minimum Gasteiger partial charge on any atom is -0.441 e. The van der Waals surface area contributed by atoms with E-state index in [0.717, 1.165) is 0 Å². The second kappa shape index (κ2) is 10.5. The highest BCUT2D eigenvalue weighted by atomic mass is 19.4. The summed E-state index contributed by atoms with van der Waals surface area (Å²) < 4.78 is 60.8. The molecule has 0 spiro atoms. The van der Waals surface area contributed by atoms with E-state index in [1.807, 2.05) is 6.92 Å². The van der Waals surface area contributed by atoms with Gasteiger partial charge in [0.1, 0.15) is 24.0 Å². The lowest BCUT2D eigenvalue weighted by atomic mass is 10.1. The van der Waals surface area contributed by atoms with Crippen molar-refractivity contribution >= 4 is 11.8 Å². The summed E-state index contributed by atoms with van der Waals surface area (Å²) in [5.74, 6) is -0.330. The Morgan fingerprint density at radius 3 is 2.28 bits per heavy atom. The lowest BCUT2D eigenvalue weighted by Gasteiger charge is -2.17. The van der Waals surface area contributed by atoms with E-state index >= 15 is 0 Å². The van der Waals surface area contributed by atoms with Crippen LogP contribution in [0, 0.1) is 5.82 Å². The first-order valence-corrected chi connectivity index (χ1v) is 10.8. The minimum absolute atomic E-state index is 0.337. The molecule has 0 aliphatic rings. The van der Waals surface area contributed by atoms with Gasteiger partial charge in [0.25, 0.3) is 0 Å². The Morgan fingerprint density at radius 2 is 1.67 bits per heavy atom. The van der Waals surface area contributed by atoms with Gasteiger partial charge in [-0.05, 0) is 72.6 Å². The molecule has 1 N–H and O–H groups in total. The number of anilines is 1. The highest BCUT2D eigenvalue weighted by molar-refractivity contribution is 5.85. The van der Waals surface area contributed by atoms with E-state index < -0.39 is 18.6 Å². The van der Waals surface area contributed by atoms with Gasteiger partial charge < -0.3 is 9.47 Å². The molecule has 3 aromatic carbocycles. The van der Waals surface area contributed by atoms with E-state index in [0.29, 0.717) is 34.7 Å². The molecule has 0 aliphatic heterocycles. The van der Waals surface area contributed by atoms with Gasteiger partial charge in [0.05, 0.1) is 5.69 Å². The van der Waals surface area contributed by atoms with Crippen LogP contribution in [0.25, 0.3) is 17.1 Å². The quantitative estimate of drug-likeness (QED) is 0.287. The number of rotatable bonds is 7. The monoisotopic (exact) mass is 500 g/mol. The fourth-order valence-corrected chi connectivity index (χ4v) is 3.36. The predicted molar refractivity (Wildman–Crippen MR) is 123 cm³/mol. The van der Waals surface area contributed by atoms with Gasteiger partial charge in [-0.3, -0.25) is 5.32 Å². The molecule has 0 aliphatic carbocycles. The van der Waals surface area contributed by atoms with Gasteiger partial charge in [0.2, 0.25) is 0 Å². The molecule has 0 saturated heterocycles. The molecule has 1 unspecified atom stereocenters. The summed E-state index contributed by atoms with van der Waals surface area (Å²) >= 11 is 0. The lowest BCUT2D eigenvalue weighted by molar-refractivity contribution is -0.274. The zero-order valence-electron chi connectivity index (χ0n) is 18.9. The first-order chi connectivity index (χ1) is 17.2. The second-order valence-corrected chi connectivity index (χ2v) is 7.61. The molecule has 1 atom stereocenters. The number of alkyl halides is 3. The smallest absolute Gasteiger partial charge is 0.441 e. The molecule has 11 heteroatoms. The Kier molecular flexibility index (Phi) is 7.18. The number of halogens is 4. The molecule has 186 valence electrons. The van der Waals surface area contributed by atoms with Gasteiger partial charge >= 0.3 is 12.5 Å². The van der Waals surface area contributed by atoms with Gasteiger partial charge in [-0.2, -0.15) is 0 Å². The number of hydrogen-bond acceptors (Lipinski definition) is 5. The predicted octanol–water partition coefficient (Wildman–Crippen LogP) is 6.67. The number of nitrogens with one attached hydrogen (secondary N) is 1. The number of carbonyl (C=O) groups excluding carboxylic acids is 1. The Labute approximate surface area is 203 Å². The lowest BCUT2D eigenvalue weighted by Crippen LogP contribution is -2.17. The molecule has 4 rings (SSSR count). The van der Waals surface area contributed by atoms with E-state index in [1.54, 1.807) is 36.4 Å². The van der Waals surface area contributed by atoms with Gasteiger partial charge in [-0.25, -0.2) is 18.9 Å². The third-order valence-corrected chi connectivity index (χ3v) is 5.08. The normalized spacial score (nSPS) is 12.1. The molecular formula is C25H20F4N4O3. The summed E-state index contributed by atoms with van der Waals surface area (Å²) in [6, 6.07) is 17.7. The van der Waals surface area contributed by atoms with Crippen LogP contribution in [0.5, 0.6) is 5.75 Å². The Balaban J connectivity index is 1.38. The third kappa shape index (κ3) is 6.38. The van der Waals surface area contributed by atoms with Crippen LogP contribution in [0.1, 0.15) is 25.0 Å². The molecule has 1 amide bonds. The average Bonchev–Trinajstić information content (AvgIpc) is 3.33. The third-order valence-electron chi connectivity index (χ3n) is 5.08. The molecule has 0 radical (unpaired) electrons. The zero-order chi connectivity index (χ0) is 25.7. The second-order valence-electron chi connectivity index (χ2n) is 7.61. The largest absolute Gasteiger partial charge is 0.573 e. The van der Waals surface area contributed by atoms with E-state index in [2.05, 4.69) is 20.1 Å². The number of nitrogens with zero attached hydrogens (tertiary/aromatic N) is 3. The van der Waals surface area contributed by atoms with Crippen molar-refractivity contribution in [3.8, 4) is 22.8 Å². The Morgan fingerprint density at radius 1 is 1.00 bits per heavy atom. The molecule has 0 saturated carbocycles. The van der Waals surface area contributed by atoms with Crippen LogP contribution in [0.3, 0.4) is 0 Å². The van der Waals surface area contributed by atoms with E-state index in [9.17, 15) is 22.4 Å². The van der Waals surface area contributed by atoms with Crippen molar-refractivity contribution in [2.75, 3.05) is 5.32 Å². The zero-order valence-corrected chi connectivity index (χ0v) is 18.9. The summed E-state index contributed by atoms with van der Waals surface area (Å²) in [5, 5.41) is 6.99. The molecule has 4 aromatic rings. The molecule has 0 fully saturated rings. The summed E-state index contributed by atoms with van der Waals surface area (Å²) in [7, 11) is 0. The standard InChI is InChI=1S/C25H20F4N4O3/c1-2-22(16-3-7-18(26)8-4-16)35-24(34)31-19-9-5-17(6-10-19)23-30-15-33(32-23)20-11-13-21(14-12-20)36-25(27,28)29/h3-15,22H,2H2,1H3,(H,31,34). The maximum Gasteiger partial charge on any atom is 0.573 e. The van der Waals surface area contributed by atoms with Crippen molar-refractivity contribution in [3.05, 3.63) is 90.5 Å². The highest BCUT2D eigenvalue weighted by Gasteiger charge is 2.31. The number of carbonyl (C=O) groups is 1. The van der Waals surface area contributed by atoms with Crippen molar-refractivity contribution < 1.29 is 31.8 Å². The first-order valence-electron chi connectivity index (χ1n) is 10.8. The van der Waals surface area contributed by atoms with E-state index in [1.165, 1.54) is 47.4 Å². The minimum atomic E-state index is -4.76.